The van der Waals surface area contributed by atoms with Crippen molar-refractivity contribution in [1.82, 2.24) is 15.1 Å². The Labute approximate surface area is 235 Å². The Morgan fingerprint density at radius 2 is 1.60 bits per heavy atom. The first kappa shape index (κ1) is 32.3. The first-order valence-electron chi connectivity index (χ1n) is 13.1. The molecule has 40 heavy (non-hydrogen) atoms. The monoisotopic (exact) mass is 559 g/mol. The van der Waals surface area contributed by atoms with Gasteiger partial charge in [-0.2, -0.15) is 0 Å². The third-order valence-corrected chi connectivity index (χ3v) is 5.84. The van der Waals surface area contributed by atoms with Crippen LogP contribution in [0.1, 0.15) is 59.1 Å². The smallest absolute Gasteiger partial charge is 0.408 e. The molecule has 1 N–H and O–H groups in total. The van der Waals surface area contributed by atoms with Gasteiger partial charge in [0.15, 0.2) is 0 Å². The second-order valence-corrected chi connectivity index (χ2v) is 11.5. The summed E-state index contributed by atoms with van der Waals surface area (Å²) in [4.78, 5) is 67.2. The Kier molecular flexibility index (Phi) is 10.9. The molecule has 3 amide bonds. The molecule has 1 heterocycles. The molecular weight excluding hydrogens is 518 g/mol. The lowest BCUT2D eigenvalue weighted by molar-refractivity contribution is -0.164. The number of carbonyl (C=O) groups is 5. The number of carbonyl (C=O) groups excluding carboxylic acids is 5. The number of piperazine rings is 1. The topological polar surface area (TPSA) is 132 Å². The Hall–Kier alpha value is -3.89. The number of amides is 3. The minimum absolute atomic E-state index is 0.0247. The highest BCUT2D eigenvalue weighted by Gasteiger charge is 2.42. The van der Waals surface area contributed by atoms with Crippen LogP contribution in [0.2, 0.25) is 0 Å². The molecule has 0 spiro atoms. The molecule has 0 saturated carbocycles. The summed E-state index contributed by atoms with van der Waals surface area (Å²) in [6.07, 6.45) is 0.574. The first-order chi connectivity index (χ1) is 18.5. The predicted molar refractivity (Wildman–Crippen MR) is 148 cm³/mol. The molecule has 0 aromatic heterocycles. The van der Waals surface area contributed by atoms with Gasteiger partial charge in [0.2, 0.25) is 11.8 Å². The van der Waals surface area contributed by atoms with Crippen LogP contribution < -0.4 is 5.32 Å². The van der Waals surface area contributed by atoms with Gasteiger partial charge in [0.05, 0.1) is 13.5 Å². The van der Waals surface area contributed by atoms with E-state index >= 15 is 0 Å². The van der Waals surface area contributed by atoms with Gasteiger partial charge in [-0.1, -0.05) is 36.9 Å². The van der Waals surface area contributed by atoms with Crippen molar-refractivity contribution in [2.24, 2.45) is 0 Å². The van der Waals surface area contributed by atoms with Crippen molar-refractivity contribution in [2.75, 3.05) is 26.7 Å². The van der Waals surface area contributed by atoms with Gasteiger partial charge in [-0.25, -0.2) is 4.79 Å². The summed E-state index contributed by atoms with van der Waals surface area (Å²) in [7, 11) is 1.18. The van der Waals surface area contributed by atoms with Gasteiger partial charge in [-0.15, -0.1) is 0 Å². The molecule has 1 aromatic rings. The van der Waals surface area contributed by atoms with E-state index in [1.165, 1.54) is 16.9 Å². The first-order valence-corrected chi connectivity index (χ1v) is 13.1. The number of esters is 2. The van der Waals surface area contributed by atoms with Crippen LogP contribution >= 0.6 is 0 Å². The summed E-state index contributed by atoms with van der Waals surface area (Å²) in [6.45, 7) is 13.7. The van der Waals surface area contributed by atoms with Crippen LogP contribution in [0.25, 0.3) is 6.08 Å². The number of nitrogens with zero attached hydrogens (tertiary/aromatic N) is 2. The van der Waals surface area contributed by atoms with Crippen molar-refractivity contribution < 1.29 is 38.2 Å². The van der Waals surface area contributed by atoms with E-state index in [1.54, 1.807) is 47.6 Å². The molecule has 0 aliphatic carbocycles. The van der Waals surface area contributed by atoms with E-state index in [1.807, 2.05) is 24.3 Å². The molecule has 220 valence electrons. The number of hydrogen-bond acceptors (Lipinski definition) is 8. The summed E-state index contributed by atoms with van der Waals surface area (Å²) in [5.41, 5.74) is 0.0873. The number of hydrogen-bond donors (Lipinski definition) is 1. The Bertz CT molecular complexity index is 1100. The number of nitrogens with one attached hydrogen (secondary N) is 1. The highest BCUT2D eigenvalue weighted by atomic mass is 16.6. The molecule has 11 nitrogen and oxygen atoms in total. The Balaban J connectivity index is 2.34. The molecule has 1 aliphatic heterocycles. The van der Waals surface area contributed by atoms with Crippen LogP contribution in [-0.4, -0.2) is 89.7 Å². The SMILES string of the molecule is C=Cc1ccc(C[C@H](NC(=O)OC(C)(C)C)C(=O)N2CCN(CC(=O)OC(C)(C)C)C(=O)[C@@H]2CC(=O)OC)cc1. The highest BCUT2D eigenvalue weighted by molar-refractivity contribution is 5.95. The number of alkyl carbamates (subject to hydrolysis) is 1. The van der Waals surface area contributed by atoms with Crippen molar-refractivity contribution in [2.45, 2.75) is 77.7 Å². The van der Waals surface area contributed by atoms with Crippen molar-refractivity contribution >= 4 is 35.9 Å². The van der Waals surface area contributed by atoms with E-state index in [0.29, 0.717) is 0 Å². The Morgan fingerprint density at radius 1 is 1.00 bits per heavy atom. The molecule has 1 fully saturated rings. The molecule has 2 rings (SSSR count). The van der Waals surface area contributed by atoms with E-state index in [2.05, 4.69) is 11.9 Å². The maximum absolute atomic E-state index is 13.9. The van der Waals surface area contributed by atoms with Crippen LogP contribution in [-0.2, 0) is 39.8 Å². The zero-order valence-corrected chi connectivity index (χ0v) is 24.4. The van der Waals surface area contributed by atoms with Gasteiger partial charge in [-0.05, 0) is 52.7 Å². The van der Waals surface area contributed by atoms with Crippen molar-refractivity contribution in [3.8, 4) is 0 Å². The molecule has 1 saturated heterocycles. The third kappa shape index (κ3) is 10.0. The van der Waals surface area contributed by atoms with Gasteiger partial charge in [-0.3, -0.25) is 19.2 Å². The van der Waals surface area contributed by atoms with Crippen LogP contribution in [0.15, 0.2) is 30.8 Å². The number of rotatable bonds is 9. The minimum Gasteiger partial charge on any atom is -0.469 e. The van der Waals surface area contributed by atoms with Crippen molar-refractivity contribution in [3.05, 3.63) is 42.0 Å². The van der Waals surface area contributed by atoms with Crippen LogP contribution in [0, 0.1) is 0 Å². The predicted octanol–water partition coefficient (Wildman–Crippen LogP) is 2.71. The standard InChI is InChI=1S/C29H41N3O8/c1-9-19-10-12-20(13-11-19)16-21(30-27(37)40-29(5,6)7)25(35)32-15-14-31(18-24(34)39-28(2,3)4)26(36)22(32)17-23(33)38-8/h9-13,21-22H,1,14-18H2,2-8H3,(H,30,37)/t21-,22-/m0/s1. The molecule has 11 heteroatoms. The zero-order chi connectivity index (χ0) is 30.3. The van der Waals surface area contributed by atoms with Gasteiger partial charge in [0.25, 0.3) is 0 Å². The molecule has 2 atom stereocenters. The van der Waals surface area contributed by atoms with E-state index in [-0.39, 0.29) is 26.1 Å². The van der Waals surface area contributed by atoms with Crippen molar-refractivity contribution in [1.29, 1.82) is 0 Å². The van der Waals surface area contributed by atoms with E-state index in [9.17, 15) is 24.0 Å². The second kappa shape index (κ2) is 13.5. The summed E-state index contributed by atoms with van der Waals surface area (Å²) < 4.78 is 15.5. The van der Waals surface area contributed by atoms with E-state index in [0.717, 1.165) is 11.1 Å². The summed E-state index contributed by atoms with van der Waals surface area (Å²) in [5, 5.41) is 2.63. The Morgan fingerprint density at radius 3 is 2.12 bits per heavy atom. The lowest BCUT2D eigenvalue weighted by atomic mass is 10.0. The maximum atomic E-state index is 13.9. The van der Waals surface area contributed by atoms with Gasteiger partial charge < -0.3 is 29.3 Å². The molecular formula is C29H41N3O8. The van der Waals surface area contributed by atoms with Crippen LogP contribution in [0.3, 0.4) is 0 Å². The molecule has 1 aromatic carbocycles. The normalized spacial score (nSPS) is 16.6. The van der Waals surface area contributed by atoms with Crippen LogP contribution in [0.4, 0.5) is 4.79 Å². The summed E-state index contributed by atoms with van der Waals surface area (Å²) in [6, 6.07) is 4.94. The number of benzene rings is 1. The highest BCUT2D eigenvalue weighted by Crippen LogP contribution is 2.20. The van der Waals surface area contributed by atoms with Crippen LogP contribution in [0.5, 0.6) is 0 Å². The number of ether oxygens (including phenoxy) is 3. The van der Waals surface area contributed by atoms with Gasteiger partial charge in [0.1, 0.15) is 29.8 Å². The fraction of sp³-hybridized carbons (Fsp3) is 0.552. The lowest BCUT2D eigenvalue weighted by Gasteiger charge is -2.41. The third-order valence-electron chi connectivity index (χ3n) is 5.84. The number of methoxy groups -OCH3 is 1. The fourth-order valence-electron chi connectivity index (χ4n) is 4.10. The van der Waals surface area contributed by atoms with Gasteiger partial charge >= 0.3 is 18.0 Å². The average molecular weight is 560 g/mol. The maximum Gasteiger partial charge on any atom is 0.408 e. The quantitative estimate of drug-likeness (QED) is 0.361. The lowest BCUT2D eigenvalue weighted by Crippen LogP contribution is -2.63. The summed E-state index contributed by atoms with van der Waals surface area (Å²) in [5.74, 6) is -2.48. The fourth-order valence-corrected chi connectivity index (χ4v) is 4.10. The second-order valence-electron chi connectivity index (χ2n) is 11.5. The molecule has 0 bridgehead atoms. The zero-order valence-electron chi connectivity index (χ0n) is 24.4. The average Bonchev–Trinajstić information content (AvgIpc) is 2.83. The van der Waals surface area contributed by atoms with Crippen molar-refractivity contribution in [3.63, 3.8) is 0 Å². The molecule has 0 radical (unpaired) electrons. The van der Waals surface area contributed by atoms with E-state index < -0.39 is 59.6 Å². The minimum atomic E-state index is -1.23. The van der Waals surface area contributed by atoms with E-state index in [4.69, 9.17) is 14.2 Å². The molecule has 0 unspecified atom stereocenters. The van der Waals surface area contributed by atoms with Gasteiger partial charge in [0, 0.05) is 19.5 Å². The largest absolute Gasteiger partial charge is 0.469 e. The summed E-state index contributed by atoms with van der Waals surface area (Å²) >= 11 is 0. The molecule has 1 aliphatic rings.